The van der Waals surface area contributed by atoms with Crippen molar-refractivity contribution in [2.45, 2.75) is 18.9 Å². The molecule has 2 aromatic heterocycles. The zero-order valence-electron chi connectivity index (χ0n) is 15.2. The maximum atomic E-state index is 13.8. The van der Waals surface area contributed by atoms with E-state index in [4.69, 9.17) is 0 Å². The Bertz CT molecular complexity index is 1040. The van der Waals surface area contributed by atoms with E-state index in [0.29, 0.717) is 25.9 Å². The van der Waals surface area contributed by atoms with Crippen LogP contribution in [-0.2, 0) is 0 Å². The lowest BCUT2D eigenvalue weighted by Gasteiger charge is -2.32. The lowest BCUT2D eigenvalue weighted by Crippen LogP contribution is -2.41. The van der Waals surface area contributed by atoms with E-state index in [1.54, 1.807) is 11.0 Å². The number of halogens is 1. The van der Waals surface area contributed by atoms with Crippen LogP contribution in [0.2, 0.25) is 0 Å². The number of carbonyl (C=O) groups excluding carboxylic acids is 1. The molecule has 0 unspecified atom stereocenters. The predicted molar refractivity (Wildman–Crippen MR) is 102 cm³/mol. The molecule has 0 aliphatic carbocycles. The van der Waals surface area contributed by atoms with Crippen LogP contribution >= 0.6 is 0 Å². The van der Waals surface area contributed by atoms with Gasteiger partial charge in [0, 0.05) is 30.9 Å². The van der Waals surface area contributed by atoms with Crippen molar-refractivity contribution < 1.29 is 9.18 Å². The van der Waals surface area contributed by atoms with Crippen LogP contribution in [0.15, 0.2) is 65.7 Å². The van der Waals surface area contributed by atoms with Gasteiger partial charge >= 0.3 is 0 Å². The summed E-state index contributed by atoms with van der Waals surface area (Å²) in [6.07, 6.45) is 3.62. The Hall–Kier alpha value is -3.35. The van der Waals surface area contributed by atoms with Gasteiger partial charge in [-0.05, 0) is 25.0 Å². The normalized spacial score (nSPS) is 14.8. The third-order valence-corrected chi connectivity index (χ3v) is 5.00. The molecular formula is C21H19FN4O2. The van der Waals surface area contributed by atoms with E-state index in [0.717, 1.165) is 17.5 Å². The topological polar surface area (TPSA) is 68.1 Å². The molecule has 0 saturated carbocycles. The molecule has 0 spiro atoms. The molecule has 0 bridgehead atoms. The van der Waals surface area contributed by atoms with Crippen molar-refractivity contribution in [3.63, 3.8) is 0 Å². The van der Waals surface area contributed by atoms with E-state index >= 15 is 0 Å². The Morgan fingerprint density at radius 3 is 2.50 bits per heavy atom. The van der Waals surface area contributed by atoms with Crippen LogP contribution in [-0.4, -0.2) is 38.7 Å². The predicted octanol–water partition coefficient (Wildman–Crippen LogP) is 2.92. The van der Waals surface area contributed by atoms with E-state index in [2.05, 4.69) is 10.1 Å². The van der Waals surface area contributed by atoms with Gasteiger partial charge in [-0.3, -0.25) is 14.6 Å². The maximum Gasteiger partial charge on any atom is 0.267 e. The van der Waals surface area contributed by atoms with Gasteiger partial charge in [0.25, 0.3) is 11.5 Å². The Kier molecular flexibility index (Phi) is 4.97. The van der Waals surface area contributed by atoms with Gasteiger partial charge in [0.05, 0.1) is 23.5 Å². The van der Waals surface area contributed by atoms with Gasteiger partial charge < -0.3 is 4.90 Å². The average Bonchev–Trinajstić information content (AvgIpc) is 2.75. The molecule has 0 N–H and O–H groups in total. The van der Waals surface area contributed by atoms with Crippen LogP contribution < -0.4 is 5.56 Å². The standard InChI is InChI=1S/C21H19FN4O2/c22-18-14-23-11-8-17(18)21(28)25-12-9-16(10-13-25)26-20(27)7-6-19(24-26)15-4-2-1-3-5-15/h1-8,11,14,16H,9-10,12-13H2. The summed E-state index contributed by atoms with van der Waals surface area (Å²) in [6, 6.07) is 14.2. The van der Waals surface area contributed by atoms with Gasteiger partial charge in [-0.25, -0.2) is 9.07 Å². The summed E-state index contributed by atoms with van der Waals surface area (Å²) in [6.45, 7) is 0.879. The molecule has 142 valence electrons. The molecule has 6 nitrogen and oxygen atoms in total. The molecule has 0 atom stereocenters. The highest BCUT2D eigenvalue weighted by Crippen LogP contribution is 2.23. The van der Waals surface area contributed by atoms with Crippen molar-refractivity contribution in [2.75, 3.05) is 13.1 Å². The number of amides is 1. The molecule has 3 heterocycles. The van der Waals surface area contributed by atoms with Crippen LogP contribution in [0.4, 0.5) is 4.39 Å². The van der Waals surface area contributed by atoms with Gasteiger partial charge in [-0.2, -0.15) is 5.10 Å². The summed E-state index contributed by atoms with van der Waals surface area (Å²) >= 11 is 0. The fourth-order valence-corrected chi connectivity index (χ4v) is 3.48. The monoisotopic (exact) mass is 378 g/mol. The lowest BCUT2D eigenvalue weighted by molar-refractivity contribution is 0.0683. The zero-order valence-corrected chi connectivity index (χ0v) is 15.2. The van der Waals surface area contributed by atoms with Crippen LogP contribution in [0.5, 0.6) is 0 Å². The molecule has 1 aliphatic rings. The first-order valence-electron chi connectivity index (χ1n) is 9.17. The first kappa shape index (κ1) is 18.0. The first-order valence-corrected chi connectivity index (χ1v) is 9.17. The van der Waals surface area contributed by atoms with E-state index in [1.807, 2.05) is 30.3 Å². The quantitative estimate of drug-likeness (QED) is 0.703. The second-order valence-electron chi connectivity index (χ2n) is 6.75. The molecule has 1 aromatic carbocycles. The highest BCUT2D eigenvalue weighted by molar-refractivity contribution is 5.94. The third kappa shape index (κ3) is 3.55. The molecule has 28 heavy (non-hydrogen) atoms. The van der Waals surface area contributed by atoms with E-state index in [1.165, 1.54) is 23.0 Å². The molecule has 1 amide bonds. The number of rotatable bonds is 3. The van der Waals surface area contributed by atoms with Gasteiger partial charge in [-0.15, -0.1) is 0 Å². The number of nitrogens with zero attached hydrogens (tertiary/aromatic N) is 4. The Balaban J connectivity index is 1.50. The van der Waals surface area contributed by atoms with Crippen molar-refractivity contribution in [3.8, 4) is 11.3 Å². The minimum atomic E-state index is -0.622. The van der Waals surface area contributed by atoms with Crippen molar-refractivity contribution in [1.82, 2.24) is 19.7 Å². The summed E-state index contributed by atoms with van der Waals surface area (Å²) in [4.78, 5) is 30.2. The second kappa shape index (κ2) is 7.72. The van der Waals surface area contributed by atoms with Crippen molar-refractivity contribution in [1.29, 1.82) is 0 Å². The number of piperidine rings is 1. The van der Waals surface area contributed by atoms with Gasteiger partial charge in [0.15, 0.2) is 5.82 Å². The van der Waals surface area contributed by atoms with Crippen LogP contribution in [0.3, 0.4) is 0 Å². The molecule has 3 aromatic rings. The molecule has 1 saturated heterocycles. The fourth-order valence-electron chi connectivity index (χ4n) is 3.48. The molecule has 1 fully saturated rings. The summed E-state index contributed by atoms with van der Waals surface area (Å²) in [5.74, 6) is -0.972. The Labute approximate surface area is 161 Å². The smallest absolute Gasteiger partial charge is 0.267 e. The maximum absolute atomic E-state index is 13.8. The van der Waals surface area contributed by atoms with Crippen molar-refractivity contribution in [3.05, 3.63) is 82.7 Å². The molecule has 4 rings (SSSR count). The summed E-state index contributed by atoms with van der Waals surface area (Å²) < 4.78 is 15.3. The van der Waals surface area contributed by atoms with Crippen LogP contribution in [0.1, 0.15) is 29.2 Å². The van der Waals surface area contributed by atoms with Crippen LogP contribution in [0, 0.1) is 5.82 Å². The zero-order chi connectivity index (χ0) is 19.5. The van der Waals surface area contributed by atoms with E-state index in [-0.39, 0.29) is 23.1 Å². The Morgan fingerprint density at radius 2 is 1.79 bits per heavy atom. The molecule has 1 aliphatic heterocycles. The highest BCUT2D eigenvalue weighted by Gasteiger charge is 2.27. The fraction of sp³-hybridized carbons (Fsp3) is 0.238. The number of carbonyl (C=O) groups is 1. The number of aromatic nitrogens is 3. The third-order valence-electron chi connectivity index (χ3n) is 5.00. The molecular weight excluding hydrogens is 359 g/mol. The number of benzene rings is 1. The highest BCUT2D eigenvalue weighted by atomic mass is 19.1. The minimum absolute atomic E-state index is 0.0230. The van der Waals surface area contributed by atoms with Crippen LogP contribution in [0.25, 0.3) is 11.3 Å². The minimum Gasteiger partial charge on any atom is -0.338 e. The van der Waals surface area contributed by atoms with Gasteiger partial charge in [0.1, 0.15) is 0 Å². The summed E-state index contributed by atoms with van der Waals surface area (Å²) in [5, 5.41) is 4.54. The molecule has 7 heteroatoms. The van der Waals surface area contributed by atoms with E-state index < -0.39 is 5.82 Å². The number of pyridine rings is 1. The molecule has 0 radical (unpaired) electrons. The van der Waals surface area contributed by atoms with Crippen molar-refractivity contribution >= 4 is 5.91 Å². The Morgan fingerprint density at radius 1 is 1.04 bits per heavy atom. The summed E-state index contributed by atoms with van der Waals surface area (Å²) in [7, 11) is 0. The lowest BCUT2D eigenvalue weighted by atomic mass is 10.0. The second-order valence-corrected chi connectivity index (χ2v) is 6.75. The van der Waals surface area contributed by atoms with Gasteiger partial charge in [0.2, 0.25) is 0 Å². The largest absolute Gasteiger partial charge is 0.338 e. The number of likely N-dealkylation sites (tertiary alicyclic amines) is 1. The summed E-state index contributed by atoms with van der Waals surface area (Å²) in [5.41, 5.74) is 1.54. The van der Waals surface area contributed by atoms with Crippen molar-refractivity contribution in [2.24, 2.45) is 0 Å². The van der Waals surface area contributed by atoms with Gasteiger partial charge in [-0.1, -0.05) is 30.3 Å². The first-order chi connectivity index (χ1) is 13.6. The number of hydrogen-bond donors (Lipinski definition) is 0. The average molecular weight is 378 g/mol. The van der Waals surface area contributed by atoms with E-state index in [9.17, 15) is 14.0 Å². The SMILES string of the molecule is O=C(c1ccncc1F)N1CCC(n2nc(-c3ccccc3)ccc2=O)CC1. The number of hydrogen-bond acceptors (Lipinski definition) is 4.